The molecule has 26 heavy (non-hydrogen) atoms. The number of halogens is 2. The quantitative estimate of drug-likeness (QED) is 0.585. The number of rotatable bonds is 4. The Morgan fingerprint density at radius 1 is 1.00 bits per heavy atom. The molecule has 0 saturated carbocycles. The van der Waals surface area contributed by atoms with E-state index in [2.05, 4.69) is 46.5 Å². The fourth-order valence-corrected chi connectivity index (χ4v) is 3.49. The van der Waals surface area contributed by atoms with Crippen LogP contribution in [0.25, 0.3) is 0 Å². The summed E-state index contributed by atoms with van der Waals surface area (Å²) < 4.78 is 0. The number of carbonyl (C=O) groups excluding carboxylic acids is 1. The average Bonchev–Trinajstić information content (AvgIpc) is 2.82. The molecular weight excluding hydrogens is 369 g/mol. The molecule has 0 radical (unpaired) electrons. The van der Waals surface area contributed by atoms with Crippen LogP contribution in [0.3, 0.4) is 0 Å². The lowest BCUT2D eigenvalue weighted by Gasteiger charge is -2.28. The summed E-state index contributed by atoms with van der Waals surface area (Å²) in [6.45, 7) is 12.4. The maximum Gasteiger partial charge on any atom is 0.166 e. The number of phenols is 1. The summed E-state index contributed by atoms with van der Waals surface area (Å²) in [5.74, 6) is 0.293. The molecule has 1 aromatic carbocycles. The molecular formula is C21H27Cl2NO2. The van der Waals surface area contributed by atoms with E-state index in [0.29, 0.717) is 29.3 Å². The van der Waals surface area contributed by atoms with E-state index in [4.69, 9.17) is 23.2 Å². The fourth-order valence-electron chi connectivity index (χ4n) is 2.98. The van der Waals surface area contributed by atoms with Gasteiger partial charge in [-0.3, -0.25) is 4.79 Å². The first kappa shape index (κ1) is 20.9. The standard InChI is InChI=1S/C21H27Cl2NO2/c1-20(2,3)14-9-12(10-15(18(14)26)21(4,5)6)7-8-16(25)13-11-17(22)24-19(13)23/h9-11,24,26H,7-8H2,1-6H3. The molecule has 3 nitrogen and oxygen atoms in total. The predicted molar refractivity (Wildman–Crippen MR) is 109 cm³/mol. The molecule has 2 rings (SSSR count). The first-order valence-corrected chi connectivity index (χ1v) is 9.50. The second kappa shape index (κ2) is 7.28. The minimum absolute atomic E-state index is 0.0548. The van der Waals surface area contributed by atoms with Gasteiger partial charge in [-0.05, 0) is 40.0 Å². The molecule has 142 valence electrons. The number of aromatic amines is 1. The molecule has 0 unspecified atom stereocenters. The molecule has 0 aliphatic heterocycles. The minimum atomic E-state index is -0.193. The van der Waals surface area contributed by atoms with Crippen LogP contribution in [-0.2, 0) is 17.3 Å². The molecule has 0 saturated heterocycles. The summed E-state index contributed by atoms with van der Waals surface area (Å²) in [6, 6.07) is 5.57. The van der Waals surface area contributed by atoms with Crippen LogP contribution in [0, 0.1) is 0 Å². The van der Waals surface area contributed by atoms with Crippen LogP contribution >= 0.6 is 23.2 Å². The number of nitrogens with one attached hydrogen (secondary N) is 1. The Balaban J connectivity index is 2.34. The van der Waals surface area contributed by atoms with Crippen LogP contribution in [0.4, 0.5) is 0 Å². The number of ketones is 1. The van der Waals surface area contributed by atoms with Gasteiger partial charge in [-0.25, -0.2) is 0 Å². The monoisotopic (exact) mass is 395 g/mol. The summed E-state index contributed by atoms with van der Waals surface area (Å²) >= 11 is 11.9. The third kappa shape index (κ3) is 4.63. The maximum atomic E-state index is 12.5. The van der Waals surface area contributed by atoms with Gasteiger partial charge in [-0.2, -0.15) is 0 Å². The second-order valence-electron chi connectivity index (χ2n) is 8.81. The lowest BCUT2D eigenvalue weighted by molar-refractivity contribution is 0.0983. The molecule has 0 spiro atoms. The molecule has 0 bridgehead atoms. The van der Waals surface area contributed by atoms with Crippen molar-refractivity contribution in [2.45, 2.75) is 65.2 Å². The van der Waals surface area contributed by atoms with E-state index in [0.717, 1.165) is 16.7 Å². The Kier molecular flexibility index (Phi) is 5.84. The number of carbonyl (C=O) groups is 1. The summed E-state index contributed by atoms with van der Waals surface area (Å²) in [7, 11) is 0. The Hall–Kier alpha value is -1.45. The fraction of sp³-hybridized carbons (Fsp3) is 0.476. The van der Waals surface area contributed by atoms with Crippen molar-refractivity contribution in [3.05, 3.63) is 50.8 Å². The smallest absolute Gasteiger partial charge is 0.166 e. The SMILES string of the molecule is CC(C)(C)c1cc(CCC(=O)c2cc(Cl)[nH]c2Cl)cc(C(C)(C)C)c1O. The van der Waals surface area contributed by atoms with Crippen molar-refractivity contribution in [2.75, 3.05) is 0 Å². The highest BCUT2D eigenvalue weighted by atomic mass is 35.5. The van der Waals surface area contributed by atoms with Crippen LogP contribution < -0.4 is 0 Å². The van der Waals surface area contributed by atoms with E-state index in [-0.39, 0.29) is 21.8 Å². The van der Waals surface area contributed by atoms with E-state index in [1.54, 1.807) is 6.07 Å². The molecule has 5 heteroatoms. The van der Waals surface area contributed by atoms with Crippen molar-refractivity contribution in [1.82, 2.24) is 4.98 Å². The molecule has 2 aromatic rings. The summed E-state index contributed by atoms with van der Waals surface area (Å²) in [5, 5.41) is 11.4. The van der Waals surface area contributed by atoms with Gasteiger partial charge in [0.1, 0.15) is 16.1 Å². The molecule has 2 N–H and O–H groups in total. The van der Waals surface area contributed by atoms with Crippen molar-refractivity contribution in [3.63, 3.8) is 0 Å². The van der Waals surface area contributed by atoms with E-state index in [1.165, 1.54) is 0 Å². The molecule has 1 heterocycles. The highest BCUT2D eigenvalue weighted by Gasteiger charge is 2.26. The first-order chi connectivity index (χ1) is 11.8. The lowest BCUT2D eigenvalue weighted by Crippen LogP contribution is -2.18. The van der Waals surface area contributed by atoms with Crippen LogP contribution in [-0.4, -0.2) is 15.9 Å². The molecule has 1 aromatic heterocycles. The van der Waals surface area contributed by atoms with Crippen molar-refractivity contribution in [1.29, 1.82) is 0 Å². The predicted octanol–water partition coefficient (Wildman–Crippen LogP) is 6.44. The zero-order valence-corrected chi connectivity index (χ0v) is 17.8. The zero-order valence-electron chi connectivity index (χ0n) is 16.3. The van der Waals surface area contributed by atoms with Gasteiger partial charge >= 0.3 is 0 Å². The van der Waals surface area contributed by atoms with E-state index in [9.17, 15) is 9.90 Å². The Morgan fingerprint density at radius 3 is 1.88 bits per heavy atom. The van der Waals surface area contributed by atoms with Gasteiger partial charge in [0.05, 0.1) is 5.56 Å². The average molecular weight is 396 g/mol. The molecule has 0 fully saturated rings. The van der Waals surface area contributed by atoms with E-state index >= 15 is 0 Å². The maximum absolute atomic E-state index is 12.5. The molecule has 0 amide bonds. The van der Waals surface area contributed by atoms with Gasteiger partial charge in [-0.1, -0.05) is 76.9 Å². The number of benzene rings is 1. The van der Waals surface area contributed by atoms with Gasteiger partial charge in [0.25, 0.3) is 0 Å². The van der Waals surface area contributed by atoms with Crippen LogP contribution in [0.1, 0.15) is 75.0 Å². The minimum Gasteiger partial charge on any atom is -0.507 e. The van der Waals surface area contributed by atoms with Crippen molar-refractivity contribution in [3.8, 4) is 5.75 Å². The number of aromatic nitrogens is 1. The van der Waals surface area contributed by atoms with E-state index in [1.807, 2.05) is 12.1 Å². The van der Waals surface area contributed by atoms with Crippen molar-refractivity contribution in [2.24, 2.45) is 0 Å². The van der Waals surface area contributed by atoms with Gasteiger partial charge in [0.15, 0.2) is 5.78 Å². The number of hydrogen-bond donors (Lipinski definition) is 2. The molecule has 0 aliphatic carbocycles. The normalized spacial score (nSPS) is 12.5. The first-order valence-electron chi connectivity index (χ1n) is 8.74. The number of hydrogen-bond acceptors (Lipinski definition) is 2. The summed E-state index contributed by atoms with van der Waals surface area (Å²) in [6.07, 6.45) is 0.899. The highest BCUT2D eigenvalue weighted by molar-refractivity contribution is 6.36. The lowest BCUT2D eigenvalue weighted by atomic mass is 9.78. The van der Waals surface area contributed by atoms with Gasteiger partial charge in [0, 0.05) is 6.42 Å². The van der Waals surface area contributed by atoms with Gasteiger partial charge < -0.3 is 10.1 Å². The van der Waals surface area contributed by atoms with E-state index < -0.39 is 0 Å². The number of H-pyrrole nitrogens is 1. The summed E-state index contributed by atoms with van der Waals surface area (Å²) in [5.41, 5.74) is 2.86. The van der Waals surface area contributed by atoms with Crippen molar-refractivity contribution < 1.29 is 9.90 Å². The Morgan fingerprint density at radius 2 is 1.50 bits per heavy atom. The van der Waals surface area contributed by atoms with Crippen molar-refractivity contribution >= 4 is 29.0 Å². The van der Waals surface area contributed by atoms with Gasteiger partial charge in [-0.15, -0.1) is 0 Å². The van der Waals surface area contributed by atoms with Gasteiger partial charge in [0.2, 0.25) is 0 Å². The number of aryl methyl sites for hydroxylation is 1. The number of aromatic hydroxyl groups is 1. The summed E-state index contributed by atoms with van der Waals surface area (Å²) in [4.78, 5) is 15.2. The largest absolute Gasteiger partial charge is 0.507 e. The number of Topliss-reactive ketones (excluding diaryl/α,β-unsaturated/α-hetero) is 1. The number of phenolic OH excluding ortho intramolecular Hbond substituents is 1. The Bertz CT molecular complexity index is 789. The highest BCUT2D eigenvalue weighted by Crippen LogP contribution is 2.40. The second-order valence-corrected chi connectivity index (χ2v) is 9.59. The van der Waals surface area contributed by atoms with Crippen LogP contribution in [0.5, 0.6) is 5.75 Å². The molecule has 0 atom stereocenters. The third-order valence-corrected chi connectivity index (χ3v) is 4.97. The zero-order chi connectivity index (χ0) is 19.9. The topological polar surface area (TPSA) is 53.1 Å². The Labute approximate surface area is 165 Å². The van der Waals surface area contributed by atoms with Crippen LogP contribution in [0.2, 0.25) is 10.3 Å². The molecule has 0 aliphatic rings. The third-order valence-electron chi connectivity index (χ3n) is 4.46. The van der Waals surface area contributed by atoms with Crippen LogP contribution in [0.15, 0.2) is 18.2 Å².